The third-order valence-electron chi connectivity index (χ3n) is 3.47. The highest BCUT2D eigenvalue weighted by atomic mass is 35.5. The summed E-state index contributed by atoms with van der Waals surface area (Å²) in [6, 6.07) is 4.47. The third-order valence-corrected chi connectivity index (χ3v) is 3.89. The molecule has 0 saturated carbocycles. The van der Waals surface area contributed by atoms with Crippen molar-refractivity contribution in [2.24, 2.45) is 0 Å². The van der Waals surface area contributed by atoms with Crippen LogP contribution in [0.25, 0.3) is 0 Å². The number of hydrogen-bond donors (Lipinski definition) is 1. The molecule has 3 nitrogen and oxygen atoms in total. The van der Waals surface area contributed by atoms with Gasteiger partial charge < -0.3 is 10.2 Å². The van der Waals surface area contributed by atoms with E-state index in [0.717, 1.165) is 12.2 Å². The van der Waals surface area contributed by atoms with Crippen molar-refractivity contribution >= 4 is 17.5 Å². The molecule has 0 unspecified atom stereocenters. The summed E-state index contributed by atoms with van der Waals surface area (Å²) in [5.74, 6) is -0.725. The lowest BCUT2D eigenvalue weighted by Crippen LogP contribution is -2.39. The summed E-state index contributed by atoms with van der Waals surface area (Å²) in [6.45, 7) is 7.11. The predicted molar refractivity (Wildman–Crippen MR) is 86.9 cm³/mol. The molecule has 0 aliphatic carbocycles. The van der Waals surface area contributed by atoms with Gasteiger partial charge in [-0.3, -0.25) is 4.79 Å². The molecule has 0 atom stereocenters. The predicted octanol–water partition coefficient (Wildman–Crippen LogP) is 3.65. The van der Waals surface area contributed by atoms with Gasteiger partial charge in [0, 0.05) is 24.0 Å². The van der Waals surface area contributed by atoms with Gasteiger partial charge in [-0.15, -0.1) is 0 Å². The van der Waals surface area contributed by atoms with Crippen LogP contribution in [0.5, 0.6) is 0 Å². The Labute approximate surface area is 135 Å². The monoisotopic (exact) mass is 322 g/mol. The van der Waals surface area contributed by atoms with E-state index in [4.69, 9.17) is 11.6 Å². The Morgan fingerprint density at radius 2 is 2.14 bits per heavy atom. The van der Waals surface area contributed by atoms with Crippen molar-refractivity contribution in [3.63, 3.8) is 0 Å². The molecule has 5 heteroatoms. The van der Waals surface area contributed by atoms with Crippen molar-refractivity contribution < 1.29 is 9.18 Å². The first-order chi connectivity index (χ1) is 10.3. The molecule has 1 heterocycles. The molecule has 118 valence electrons. The molecule has 2 rings (SSSR count). The van der Waals surface area contributed by atoms with E-state index in [-0.39, 0.29) is 22.9 Å². The van der Waals surface area contributed by atoms with Crippen LogP contribution in [0.4, 0.5) is 4.39 Å². The average Bonchev–Trinajstić information content (AvgIpc) is 2.43. The number of carbonyl (C=O) groups excluding carboxylic acids is 1. The van der Waals surface area contributed by atoms with Gasteiger partial charge in [0.25, 0.3) is 0 Å². The minimum absolute atomic E-state index is 0.00437. The zero-order chi connectivity index (χ0) is 16.3. The molecule has 1 aliphatic rings. The zero-order valence-corrected chi connectivity index (χ0v) is 13.7. The van der Waals surface area contributed by atoms with E-state index >= 15 is 0 Å². The highest BCUT2D eigenvalue weighted by molar-refractivity contribution is 6.31. The van der Waals surface area contributed by atoms with Gasteiger partial charge in [-0.1, -0.05) is 23.7 Å². The van der Waals surface area contributed by atoms with E-state index in [2.05, 4.69) is 31.0 Å². The highest BCUT2D eigenvalue weighted by Gasteiger charge is 2.19. The molecule has 0 fully saturated rings. The average molecular weight is 323 g/mol. The number of nitrogens with zero attached hydrogens (tertiary/aromatic N) is 1. The SMILES string of the molecule is CC(C)(C)N1C=CC(NC(=O)Cc2cccc(F)c2Cl)=CC1. The molecule has 0 saturated heterocycles. The van der Waals surface area contributed by atoms with Crippen LogP contribution in [-0.2, 0) is 11.2 Å². The molecular weight excluding hydrogens is 303 g/mol. The molecule has 1 amide bonds. The normalized spacial score (nSPS) is 14.8. The summed E-state index contributed by atoms with van der Waals surface area (Å²) in [5, 5.41) is 2.82. The molecule has 0 aromatic heterocycles. The van der Waals surface area contributed by atoms with Crippen molar-refractivity contribution in [1.82, 2.24) is 10.2 Å². The van der Waals surface area contributed by atoms with Crippen LogP contribution >= 0.6 is 11.6 Å². The molecule has 1 aromatic carbocycles. The summed E-state index contributed by atoms with van der Waals surface area (Å²) in [5.41, 5.74) is 1.27. The van der Waals surface area contributed by atoms with Crippen molar-refractivity contribution in [3.8, 4) is 0 Å². The van der Waals surface area contributed by atoms with Crippen LogP contribution in [-0.4, -0.2) is 22.9 Å². The topological polar surface area (TPSA) is 32.3 Å². The molecule has 0 radical (unpaired) electrons. The number of amides is 1. The summed E-state index contributed by atoms with van der Waals surface area (Å²) < 4.78 is 13.4. The van der Waals surface area contributed by atoms with Crippen molar-refractivity contribution in [2.75, 3.05) is 6.54 Å². The lowest BCUT2D eigenvalue weighted by atomic mass is 10.1. The Morgan fingerprint density at radius 3 is 2.73 bits per heavy atom. The van der Waals surface area contributed by atoms with Gasteiger partial charge in [-0.2, -0.15) is 0 Å². The fourth-order valence-electron chi connectivity index (χ4n) is 2.15. The van der Waals surface area contributed by atoms with E-state index in [1.54, 1.807) is 12.1 Å². The largest absolute Gasteiger partial charge is 0.369 e. The maximum Gasteiger partial charge on any atom is 0.228 e. The van der Waals surface area contributed by atoms with Crippen molar-refractivity contribution in [3.05, 3.63) is 58.7 Å². The van der Waals surface area contributed by atoms with Gasteiger partial charge in [-0.25, -0.2) is 4.39 Å². The van der Waals surface area contributed by atoms with Crippen LogP contribution in [0.15, 0.2) is 42.2 Å². The zero-order valence-electron chi connectivity index (χ0n) is 13.0. The quantitative estimate of drug-likeness (QED) is 0.921. The molecule has 22 heavy (non-hydrogen) atoms. The van der Waals surface area contributed by atoms with E-state index in [1.165, 1.54) is 6.07 Å². The summed E-state index contributed by atoms with van der Waals surface area (Å²) >= 11 is 5.86. The van der Waals surface area contributed by atoms with Gasteiger partial charge >= 0.3 is 0 Å². The van der Waals surface area contributed by atoms with Crippen LogP contribution in [0.1, 0.15) is 26.3 Å². The highest BCUT2D eigenvalue weighted by Crippen LogP contribution is 2.20. The number of halogens is 2. The van der Waals surface area contributed by atoms with Crippen LogP contribution in [0.2, 0.25) is 5.02 Å². The van der Waals surface area contributed by atoms with E-state index in [9.17, 15) is 9.18 Å². The Bertz CT molecular complexity index is 632. The second kappa shape index (κ2) is 6.53. The van der Waals surface area contributed by atoms with E-state index < -0.39 is 5.82 Å². The number of allylic oxidation sites excluding steroid dienone is 1. The van der Waals surface area contributed by atoms with Gasteiger partial charge in [0.15, 0.2) is 0 Å². The number of rotatable bonds is 3. The van der Waals surface area contributed by atoms with Gasteiger partial charge in [0.05, 0.1) is 11.4 Å². The van der Waals surface area contributed by atoms with Crippen molar-refractivity contribution in [1.29, 1.82) is 0 Å². The van der Waals surface area contributed by atoms with E-state index in [0.29, 0.717) is 5.56 Å². The lowest BCUT2D eigenvalue weighted by molar-refractivity contribution is -0.119. The maximum absolute atomic E-state index is 13.4. The Kier molecular flexibility index (Phi) is 4.91. The standard InChI is InChI=1S/C17H20ClFN2O/c1-17(2,3)21-9-7-13(8-10-21)20-15(22)11-12-5-4-6-14(19)16(12)18/h4-9H,10-11H2,1-3H3,(H,20,22). The van der Waals surface area contributed by atoms with Crippen LogP contribution in [0.3, 0.4) is 0 Å². The van der Waals surface area contributed by atoms with Crippen molar-refractivity contribution in [2.45, 2.75) is 32.7 Å². The Balaban J connectivity index is 1.95. The van der Waals surface area contributed by atoms with Gasteiger partial charge in [0.2, 0.25) is 5.91 Å². The first-order valence-electron chi connectivity index (χ1n) is 7.15. The van der Waals surface area contributed by atoms with E-state index in [1.807, 2.05) is 18.4 Å². The number of benzene rings is 1. The second-order valence-corrected chi connectivity index (χ2v) is 6.61. The number of hydrogen-bond acceptors (Lipinski definition) is 2. The Hall–Kier alpha value is -1.81. The Morgan fingerprint density at radius 1 is 1.41 bits per heavy atom. The molecule has 1 aliphatic heterocycles. The first-order valence-corrected chi connectivity index (χ1v) is 7.53. The summed E-state index contributed by atoms with van der Waals surface area (Å²) in [6.07, 6.45) is 5.83. The lowest BCUT2D eigenvalue weighted by Gasteiger charge is -2.35. The number of nitrogens with one attached hydrogen (secondary N) is 1. The fraction of sp³-hybridized carbons (Fsp3) is 0.353. The molecule has 0 spiro atoms. The first kappa shape index (κ1) is 16.6. The van der Waals surface area contributed by atoms with Crippen LogP contribution in [0, 0.1) is 5.82 Å². The molecule has 0 bridgehead atoms. The third kappa shape index (κ3) is 4.10. The van der Waals surface area contributed by atoms with Gasteiger partial charge in [0.1, 0.15) is 5.82 Å². The summed E-state index contributed by atoms with van der Waals surface area (Å²) in [7, 11) is 0. The molecular formula is C17H20ClFN2O. The van der Waals surface area contributed by atoms with Crippen LogP contribution < -0.4 is 5.32 Å². The minimum atomic E-state index is -0.510. The smallest absolute Gasteiger partial charge is 0.228 e. The van der Waals surface area contributed by atoms with Gasteiger partial charge in [-0.05, 0) is 44.6 Å². The minimum Gasteiger partial charge on any atom is -0.369 e. The fourth-order valence-corrected chi connectivity index (χ4v) is 2.34. The summed E-state index contributed by atoms with van der Waals surface area (Å²) in [4.78, 5) is 14.2. The maximum atomic E-state index is 13.4. The molecule has 1 aromatic rings. The number of carbonyl (C=O) groups is 1. The second-order valence-electron chi connectivity index (χ2n) is 6.24. The molecule has 1 N–H and O–H groups in total.